The predicted octanol–water partition coefficient (Wildman–Crippen LogP) is 1.20. The average molecular weight is 251 g/mol. The maximum Gasteiger partial charge on any atom is 0.416 e. The van der Waals surface area contributed by atoms with E-state index in [2.05, 4.69) is 0 Å². The van der Waals surface area contributed by atoms with E-state index >= 15 is 0 Å². The summed E-state index contributed by atoms with van der Waals surface area (Å²) in [6.07, 6.45) is -4.88. The normalized spacial score (nSPS) is 13.4. The van der Waals surface area contributed by atoms with Gasteiger partial charge in [-0.05, 0) is 12.1 Å². The van der Waals surface area contributed by atoms with Gasteiger partial charge in [-0.3, -0.25) is 4.79 Å². The number of rotatable bonds is 2. The number of phenols is 2. The number of carboxylic acid groups (broad SMARTS) is 1. The Morgan fingerprint density at radius 2 is 1.82 bits per heavy atom. The lowest BCUT2D eigenvalue weighted by molar-refractivity contribution is -0.141. The Hall–Kier alpha value is -1.96. The number of aromatic hydroxyl groups is 2. The van der Waals surface area contributed by atoms with E-state index in [1.165, 1.54) is 0 Å². The highest BCUT2D eigenvalue weighted by Gasteiger charge is 2.38. The van der Waals surface area contributed by atoms with Gasteiger partial charge in [-0.25, -0.2) is 0 Å². The smallest absolute Gasteiger partial charge is 0.416 e. The van der Waals surface area contributed by atoms with Crippen LogP contribution in [-0.2, 0) is 11.0 Å². The molecule has 1 aromatic rings. The van der Waals surface area contributed by atoms with Gasteiger partial charge in [0.1, 0.15) is 6.04 Å². The van der Waals surface area contributed by atoms with Gasteiger partial charge in [-0.1, -0.05) is 0 Å². The minimum absolute atomic E-state index is 0.452. The molecule has 0 fully saturated rings. The molecule has 0 saturated carbocycles. The van der Waals surface area contributed by atoms with Crippen molar-refractivity contribution in [2.75, 3.05) is 0 Å². The SMILES string of the molecule is NC(C(=O)O)c1c(C(F)(F)F)ccc(O)c1O. The number of carboxylic acids is 1. The van der Waals surface area contributed by atoms with E-state index in [-0.39, 0.29) is 0 Å². The number of alkyl halides is 3. The van der Waals surface area contributed by atoms with Gasteiger partial charge >= 0.3 is 12.1 Å². The molecular formula is C9H8F3NO4. The maximum atomic E-state index is 12.5. The fourth-order valence-corrected chi connectivity index (χ4v) is 1.28. The number of carbonyl (C=O) groups is 1. The van der Waals surface area contributed by atoms with Crippen LogP contribution < -0.4 is 5.73 Å². The summed E-state index contributed by atoms with van der Waals surface area (Å²) in [7, 11) is 0. The van der Waals surface area contributed by atoms with E-state index in [0.29, 0.717) is 12.1 Å². The zero-order chi connectivity index (χ0) is 13.4. The van der Waals surface area contributed by atoms with Gasteiger partial charge in [0.15, 0.2) is 11.5 Å². The minimum Gasteiger partial charge on any atom is -0.504 e. The number of hydrogen-bond acceptors (Lipinski definition) is 4. The molecule has 94 valence electrons. The molecule has 0 radical (unpaired) electrons. The number of halogens is 3. The van der Waals surface area contributed by atoms with Crippen molar-refractivity contribution in [3.63, 3.8) is 0 Å². The van der Waals surface area contributed by atoms with Crippen LogP contribution in [0, 0.1) is 0 Å². The minimum atomic E-state index is -4.88. The van der Waals surface area contributed by atoms with Crippen LogP contribution in [0.3, 0.4) is 0 Å². The Balaban J connectivity index is 3.53. The lowest BCUT2D eigenvalue weighted by Gasteiger charge is -2.17. The first-order valence-electron chi connectivity index (χ1n) is 4.26. The van der Waals surface area contributed by atoms with E-state index in [1.54, 1.807) is 0 Å². The van der Waals surface area contributed by atoms with Crippen molar-refractivity contribution in [1.29, 1.82) is 0 Å². The monoisotopic (exact) mass is 251 g/mol. The number of aliphatic carboxylic acids is 1. The van der Waals surface area contributed by atoms with Crippen LogP contribution in [0.25, 0.3) is 0 Å². The molecule has 0 heterocycles. The summed E-state index contributed by atoms with van der Waals surface area (Å²) in [4.78, 5) is 10.6. The van der Waals surface area contributed by atoms with Gasteiger partial charge in [0, 0.05) is 5.56 Å². The lowest BCUT2D eigenvalue weighted by atomic mass is 9.98. The molecule has 0 aliphatic heterocycles. The standard InChI is InChI=1S/C9H8F3NO4/c10-9(11,12)3-1-2-4(14)7(15)5(3)6(13)8(16)17/h1-2,6,14-15H,13H2,(H,16,17). The van der Waals surface area contributed by atoms with Gasteiger partial charge < -0.3 is 21.1 Å². The van der Waals surface area contributed by atoms with Crippen LogP contribution in [0.5, 0.6) is 11.5 Å². The maximum absolute atomic E-state index is 12.5. The third-order valence-electron chi connectivity index (χ3n) is 2.08. The quantitative estimate of drug-likeness (QED) is 0.591. The summed E-state index contributed by atoms with van der Waals surface area (Å²) in [6.45, 7) is 0. The van der Waals surface area contributed by atoms with Gasteiger partial charge in [0.05, 0.1) is 5.56 Å². The largest absolute Gasteiger partial charge is 0.504 e. The molecule has 1 unspecified atom stereocenters. The molecule has 17 heavy (non-hydrogen) atoms. The molecule has 0 saturated heterocycles. The molecule has 5 nitrogen and oxygen atoms in total. The van der Waals surface area contributed by atoms with E-state index in [9.17, 15) is 23.1 Å². The van der Waals surface area contributed by atoms with Gasteiger partial charge in [-0.2, -0.15) is 13.2 Å². The molecule has 1 rings (SSSR count). The summed E-state index contributed by atoms with van der Waals surface area (Å²) in [5.74, 6) is -3.81. The van der Waals surface area contributed by atoms with Crippen molar-refractivity contribution in [3.8, 4) is 11.5 Å². The number of phenolic OH excluding ortho intramolecular Hbond substituents is 2. The third-order valence-corrected chi connectivity index (χ3v) is 2.08. The number of hydrogen-bond donors (Lipinski definition) is 4. The van der Waals surface area contributed by atoms with Crippen molar-refractivity contribution >= 4 is 5.97 Å². The van der Waals surface area contributed by atoms with Crippen LogP contribution in [0.2, 0.25) is 0 Å². The Morgan fingerprint density at radius 3 is 2.24 bits per heavy atom. The molecule has 1 aromatic carbocycles. The first-order valence-corrected chi connectivity index (χ1v) is 4.26. The first-order chi connectivity index (χ1) is 7.66. The fraction of sp³-hybridized carbons (Fsp3) is 0.222. The van der Waals surface area contributed by atoms with Gasteiger partial charge in [-0.15, -0.1) is 0 Å². The van der Waals surface area contributed by atoms with Crippen molar-refractivity contribution in [1.82, 2.24) is 0 Å². The van der Waals surface area contributed by atoms with Crippen LogP contribution in [0.15, 0.2) is 12.1 Å². The highest BCUT2D eigenvalue weighted by Crippen LogP contribution is 2.42. The zero-order valence-electron chi connectivity index (χ0n) is 8.19. The van der Waals surface area contributed by atoms with Crippen molar-refractivity contribution < 1.29 is 33.3 Å². The van der Waals surface area contributed by atoms with Crippen LogP contribution in [-0.4, -0.2) is 21.3 Å². The molecule has 8 heteroatoms. The fourth-order valence-electron chi connectivity index (χ4n) is 1.28. The summed E-state index contributed by atoms with van der Waals surface area (Å²) < 4.78 is 37.6. The zero-order valence-corrected chi connectivity index (χ0v) is 8.19. The van der Waals surface area contributed by atoms with E-state index in [1.807, 2.05) is 0 Å². The van der Waals surface area contributed by atoms with E-state index < -0.39 is 40.8 Å². The highest BCUT2D eigenvalue weighted by molar-refractivity contribution is 5.78. The first kappa shape index (κ1) is 13.1. The third kappa shape index (κ3) is 2.41. The highest BCUT2D eigenvalue weighted by atomic mass is 19.4. The predicted molar refractivity (Wildman–Crippen MR) is 49.3 cm³/mol. The lowest BCUT2D eigenvalue weighted by Crippen LogP contribution is -2.24. The van der Waals surface area contributed by atoms with Crippen LogP contribution in [0.1, 0.15) is 17.2 Å². The second-order valence-electron chi connectivity index (χ2n) is 3.21. The van der Waals surface area contributed by atoms with Crippen LogP contribution >= 0.6 is 0 Å². The molecule has 0 aliphatic rings. The molecule has 0 aliphatic carbocycles. The topological polar surface area (TPSA) is 104 Å². The number of nitrogens with two attached hydrogens (primary N) is 1. The summed E-state index contributed by atoms with van der Waals surface area (Å²) in [6, 6.07) is -1.03. The molecular weight excluding hydrogens is 243 g/mol. The summed E-state index contributed by atoms with van der Waals surface area (Å²) in [5.41, 5.74) is 2.57. The molecule has 0 aromatic heterocycles. The molecule has 0 amide bonds. The molecule has 0 spiro atoms. The Morgan fingerprint density at radius 1 is 1.29 bits per heavy atom. The van der Waals surface area contributed by atoms with Crippen molar-refractivity contribution in [2.45, 2.75) is 12.2 Å². The Bertz CT molecular complexity index is 458. The van der Waals surface area contributed by atoms with Gasteiger partial charge in [0.25, 0.3) is 0 Å². The molecule has 5 N–H and O–H groups in total. The molecule has 1 atom stereocenters. The summed E-state index contributed by atoms with van der Waals surface area (Å²) in [5, 5.41) is 26.9. The Kier molecular flexibility index (Phi) is 3.18. The van der Waals surface area contributed by atoms with E-state index in [4.69, 9.17) is 15.9 Å². The van der Waals surface area contributed by atoms with Crippen LogP contribution in [0.4, 0.5) is 13.2 Å². The molecule has 0 bridgehead atoms. The Labute approximate surface area is 92.9 Å². The van der Waals surface area contributed by atoms with Gasteiger partial charge in [0.2, 0.25) is 0 Å². The summed E-state index contributed by atoms with van der Waals surface area (Å²) >= 11 is 0. The van der Waals surface area contributed by atoms with Crippen molar-refractivity contribution in [2.24, 2.45) is 5.73 Å². The van der Waals surface area contributed by atoms with E-state index in [0.717, 1.165) is 0 Å². The second kappa shape index (κ2) is 4.13. The average Bonchev–Trinajstić information content (AvgIpc) is 2.19. The second-order valence-corrected chi connectivity index (χ2v) is 3.21. The van der Waals surface area contributed by atoms with Crippen molar-refractivity contribution in [3.05, 3.63) is 23.3 Å². The number of benzene rings is 1.